The summed E-state index contributed by atoms with van der Waals surface area (Å²) >= 11 is 0.829. The van der Waals surface area contributed by atoms with Crippen LogP contribution in [0.1, 0.15) is 88.5 Å². The van der Waals surface area contributed by atoms with Crippen LogP contribution in [0.3, 0.4) is 0 Å². The number of anilines is 1. The topological polar surface area (TPSA) is 159 Å². The first-order chi connectivity index (χ1) is 17.0. The fraction of sp³-hybridized carbons (Fsp3) is 0.583. The monoisotopic (exact) mass is 515 g/mol. The minimum Gasteiger partial charge on any atom is -0.459 e. The van der Waals surface area contributed by atoms with Gasteiger partial charge in [0.15, 0.2) is 0 Å². The molecule has 0 saturated heterocycles. The summed E-state index contributed by atoms with van der Waals surface area (Å²) in [7, 11) is 0. The Hall–Kier alpha value is -3.28. The number of nitro groups is 1. The average molecular weight is 516 g/mol. The third kappa shape index (κ3) is 4.06. The average Bonchev–Trinajstić information content (AvgIpc) is 3.35. The number of hydrogen-bond acceptors (Lipinski definition) is 8. The second-order valence-electron chi connectivity index (χ2n) is 10.7. The maximum absolute atomic E-state index is 13.3. The molecule has 4 bridgehead atoms. The lowest BCUT2D eigenvalue weighted by Crippen LogP contribution is -2.52. The number of carbonyl (C=O) groups is 3. The highest BCUT2D eigenvalue weighted by Gasteiger charge is 2.53. The normalized spacial score (nSPS) is 26.3. The van der Waals surface area contributed by atoms with E-state index in [0.29, 0.717) is 17.8 Å². The molecule has 192 valence electrons. The number of nitrogens with two attached hydrogens (primary N) is 1. The number of primary amides is 1. The number of carbonyl (C=O) groups excluding carboxylic acids is 3. The molecule has 12 heteroatoms. The van der Waals surface area contributed by atoms with Gasteiger partial charge in [0, 0.05) is 0 Å². The van der Waals surface area contributed by atoms with Crippen LogP contribution < -0.4 is 11.1 Å². The Kier molecular flexibility index (Phi) is 5.89. The predicted molar refractivity (Wildman–Crippen MR) is 131 cm³/mol. The number of nitrogens with zero attached hydrogens (tertiary/aromatic N) is 3. The van der Waals surface area contributed by atoms with Crippen molar-refractivity contribution in [3.05, 3.63) is 38.0 Å². The van der Waals surface area contributed by atoms with Crippen molar-refractivity contribution in [3.63, 3.8) is 0 Å². The number of esters is 1. The maximum atomic E-state index is 13.3. The SMILES string of the molecule is Cc1c(C(N)=O)sc(NC(=O)c2nn(C34CC5CC(CC(C5)C3)C4)cc2[N+](=O)[O-])c1C(=O)OC(C)C. The van der Waals surface area contributed by atoms with E-state index in [1.807, 2.05) is 0 Å². The summed E-state index contributed by atoms with van der Waals surface area (Å²) in [5.74, 6) is -0.544. The summed E-state index contributed by atoms with van der Waals surface area (Å²) in [6.45, 7) is 4.88. The molecule has 2 amide bonds. The largest absolute Gasteiger partial charge is 0.459 e. The van der Waals surface area contributed by atoms with Crippen molar-refractivity contribution in [2.75, 3.05) is 5.32 Å². The van der Waals surface area contributed by atoms with E-state index in [1.54, 1.807) is 18.5 Å². The van der Waals surface area contributed by atoms with E-state index in [9.17, 15) is 24.5 Å². The van der Waals surface area contributed by atoms with E-state index in [4.69, 9.17) is 10.5 Å². The maximum Gasteiger partial charge on any atom is 0.341 e. The molecule has 4 fully saturated rings. The van der Waals surface area contributed by atoms with Crippen LogP contribution in [0.5, 0.6) is 0 Å². The summed E-state index contributed by atoms with van der Waals surface area (Å²) in [6.07, 6.45) is 7.28. The van der Waals surface area contributed by atoms with Crippen LogP contribution in [0.4, 0.5) is 10.7 Å². The molecule has 6 rings (SSSR count). The molecule has 2 aromatic heterocycles. The van der Waals surface area contributed by atoms with Crippen LogP contribution in [0.2, 0.25) is 0 Å². The summed E-state index contributed by atoms with van der Waals surface area (Å²) in [5, 5.41) is 19.0. The Balaban J connectivity index is 1.49. The zero-order chi connectivity index (χ0) is 25.9. The standard InChI is InChI=1S/C24H29N5O6S/c1-11(2)35-23(32)17-12(3)19(20(25)30)36-22(17)26-21(31)18-16(29(33)34)10-28(27-18)24-7-13-4-14(8-24)6-15(5-13)9-24/h10-11,13-15H,4-9H2,1-3H3,(H2,25,30)(H,26,31). The van der Waals surface area contributed by atoms with Crippen LogP contribution in [0, 0.1) is 34.8 Å². The molecule has 0 spiro atoms. The van der Waals surface area contributed by atoms with E-state index < -0.39 is 34.5 Å². The highest BCUT2D eigenvalue weighted by Crippen LogP contribution is 2.58. The summed E-state index contributed by atoms with van der Waals surface area (Å²) in [4.78, 5) is 49.3. The van der Waals surface area contributed by atoms with Gasteiger partial charge in [-0.15, -0.1) is 11.3 Å². The lowest BCUT2D eigenvalue weighted by molar-refractivity contribution is -0.385. The van der Waals surface area contributed by atoms with Crippen LogP contribution in [-0.2, 0) is 10.3 Å². The Labute approximate surface area is 211 Å². The van der Waals surface area contributed by atoms with Gasteiger partial charge in [0.25, 0.3) is 11.8 Å². The van der Waals surface area contributed by atoms with Crippen LogP contribution in [0.15, 0.2) is 6.20 Å². The number of nitrogens with one attached hydrogen (secondary N) is 1. The number of amides is 2. The van der Waals surface area contributed by atoms with Crippen molar-refractivity contribution >= 4 is 39.8 Å². The van der Waals surface area contributed by atoms with Gasteiger partial charge < -0.3 is 15.8 Å². The Morgan fingerprint density at radius 3 is 2.31 bits per heavy atom. The van der Waals surface area contributed by atoms with Crippen LogP contribution >= 0.6 is 11.3 Å². The quantitative estimate of drug-likeness (QED) is 0.320. The Morgan fingerprint density at radius 1 is 1.22 bits per heavy atom. The molecular formula is C24H29N5O6S. The first-order valence-corrected chi connectivity index (χ1v) is 13.0. The van der Waals surface area contributed by atoms with Crippen molar-refractivity contribution in [1.29, 1.82) is 0 Å². The molecule has 0 unspecified atom stereocenters. The third-order valence-electron chi connectivity index (χ3n) is 7.74. The zero-order valence-corrected chi connectivity index (χ0v) is 21.2. The zero-order valence-electron chi connectivity index (χ0n) is 20.4. The number of rotatable bonds is 7. The predicted octanol–water partition coefficient (Wildman–Crippen LogP) is 4.00. The fourth-order valence-corrected chi connectivity index (χ4v) is 7.81. The number of ether oxygens (including phenoxy) is 1. The molecule has 36 heavy (non-hydrogen) atoms. The second-order valence-corrected chi connectivity index (χ2v) is 11.8. The molecule has 0 radical (unpaired) electrons. The molecule has 4 aliphatic carbocycles. The lowest BCUT2D eigenvalue weighted by atomic mass is 9.53. The van der Waals surface area contributed by atoms with Crippen molar-refractivity contribution in [2.24, 2.45) is 23.5 Å². The van der Waals surface area contributed by atoms with Gasteiger partial charge in [-0.25, -0.2) is 4.79 Å². The summed E-state index contributed by atoms with van der Waals surface area (Å²) < 4.78 is 6.94. The smallest absolute Gasteiger partial charge is 0.341 e. The first-order valence-electron chi connectivity index (χ1n) is 12.2. The van der Waals surface area contributed by atoms with E-state index >= 15 is 0 Å². The van der Waals surface area contributed by atoms with E-state index in [-0.39, 0.29) is 32.2 Å². The fourth-order valence-electron chi connectivity index (χ4n) is 6.77. The van der Waals surface area contributed by atoms with Gasteiger partial charge in [0.2, 0.25) is 5.69 Å². The van der Waals surface area contributed by atoms with Crippen LogP contribution in [-0.4, -0.2) is 38.6 Å². The molecule has 0 atom stereocenters. The molecule has 0 aliphatic heterocycles. The highest BCUT2D eigenvalue weighted by atomic mass is 32.1. The van der Waals surface area contributed by atoms with E-state index in [0.717, 1.165) is 30.6 Å². The molecule has 2 heterocycles. The van der Waals surface area contributed by atoms with Gasteiger partial charge in [-0.1, -0.05) is 0 Å². The van der Waals surface area contributed by atoms with Gasteiger partial charge in [-0.05, 0) is 82.6 Å². The lowest BCUT2D eigenvalue weighted by Gasteiger charge is -2.56. The third-order valence-corrected chi connectivity index (χ3v) is 8.96. The summed E-state index contributed by atoms with van der Waals surface area (Å²) in [6, 6.07) is 0. The van der Waals surface area contributed by atoms with E-state index in [2.05, 4.69) is 10.4 Å². The van der Waals surface area contributed by atoms with Crippen molar-refractivity contribution in [2.45, 2.75) is 70.9 Å². The van der Waals surface area contributed by atoms with Gasteiger partial charge in [0.05, 0.1) is 27.0 Å². The van der Waals surface area contributed by atoms with Gasteiger partial charge >= 0.3 is 11.7 Å². The molecule has 4 saturated carbocycles. The van der Waals surface area contributed by atoms with Crippen molar-refractivity contribution in [1.82, 2.24) is 9.78 Å². The first kappa shape index (κ1) is 24.4. The summed E-state index contributed by atoms with van der Waals surface area (Å²) in [5.41, 5.74) is 4.71. The molecule has 3 N–H and O–H groups in total. The minimum atomic E-state index is -0.832. The molecular weight excluding hydrogens is 486 g/mol. The molecule has 2 aromatic rings. The van der Waals surface area contributed by atoms with Crippen LogP contribution in [0.25, 0.3) is 0 Å². The van der Waals surface area contributed by atoms with Crippen molar-refractivity contribution < 1.29 is 24.0 Å². The molecule has 11 nitrogen and oxygen atoms in total. The van der Waals surface area contributed by atoms with Gasteiger partial charge in [0.1, 0.15) is 11.2 Å². The molecule has 0 aromatic carbocycles. The number of aromatic nitrogens is 2. The highest BCUT2D eigenvalue weighted by molar-refractivity contribution is 7.18. The number of hydrogen-bond donors (Lipinski definition) is 2. The Bertz CT molecular complexity index is 1240. The van der Waals surface area contributed by atoms with Gasteiger partial charge in [-0.3, -0.25) is 24.4 Å². The number of thiophene rings is 1. The minimum absolute atomic E-state index is 0.000907. The molecule has 4 aliphatic rings. The Morgan fingerprint density at radius 2 is 1.81 bits per heavy atom. The van der Waals surface area contributed by atoms with E-state index in [1.165, 1.54) is 32.4 Å². The second kappa shape index (κ2) is 8.68. The van der Waals surface area contributed by atoms with Gasteiger partial charge in [-0.2, -0.15) is 5.10 Å². The van der Waals surface area contributed by atoms with Crippen molar-refractivity contribution in [3.8, 4) is 0 Å².